The highest BCUT2D eigenvalue weighted by Crippen LogP contribution is 2.10. The standard InChI is InChI=1S/C18H27N3O2.ClH/c1-14-3-5-15(6-4-14)7-8-17(22)20-13-18(23)21-11-9-16(19-2)10-12-21;/h3-6,16,19H,7-13H2,1-2H3,(H,20,22);1H. The zero-order valence-corrected chi connectivity index (χ0v) is 15.3. The van der Waals surface area contributed by atoms with Crippen molar-refractivity contribution in [2.24, 2.45) is 0 Å². The fourth-order valence-electron chi connectivity index (χ4n) is 2.80. The van der Waals surface area contributed by atoms with Gasteiger partial charge in [0, 0.05) is 25.6 Å². The second-order valence-electron chi connectivity index (χ2n) is 6.21. The quantitative estimate of drug-likeness (QED) is 0.818. The van der Waals surface area contributed by atoms with Crippen molar-refractivity contribution >= 4 is 24.2 Å². The lowest BCUT2D eigenvalue weighted by molar-refractivity contribution is -0.133. The van der Waals surface area contributed by atoms with Crippen molar-refractivity contribution in [2.45, 2.75) is 38.6 Å². The van der Waals surface area contributed by atoms with Gasteiger partial charge in [0.25, 0.3) is 0 Å². The zero-order valence-electron chi connectivity index (χ0n) is 14.5. The van der Waals surface area contributed by atoms with Crippen LogP contribution < -0.4 is 10.6 Å². The number of hydrogen-bond acceptors (Lipinski definition) is 3. The molecule has 0 aromatic heterocycles. The maximum atomic E-state index is 12.1. The van der Waals surface area contributed by atoms with Gasteiger partial charge in [0.15, 0.2) is 0 Å². The number of nitrogens with one attached hydrogen (secondary N) is 2. The third kappa shape index (κ3) is 6.49. The lowest BCUT2D eigenvalue weighted by Crippen LogP contribution is -2.47. The summed E-state index contributed by atoms with van der Waals surface area (Å²) < 4.78 is 0. The molecule has 134 valence electrons. The Kier molecular flexibility index (Phi) is 8.79. The van der Waals surface area contributed by atoms with Crippen molar-refractivity contribution in [3.63, 3.8) is 0 Å². The minimum atomic E-state index is -0.0657. The fraction of sp³-hybridized carbons (Fsp3) is 0.556. The van der Waals surface area contributed by atoms with E-state index >= 15 is 0 Å². The van der Waals surface area contributed by atoms with Gasteiger partial charge in [0.05, 0.1) is 6.54 Å². The molecule has 0 unspecified atom stereocenters. The minimum Gasteiger partial charge on any atom is -0.347 e. The van der Waals surface area contributed by atoms with Crippen LogP contribution in [0.15, 0.2) is 24.3 Å². The van der Waals surface area contributed by atoms with Gasteiger partial charge in [-0.25, -0.2) is 0 Å². The van der Waals surface area contributed by atoms with Crippen LogP contribution in [0.25, 0.3) is 0 Å². The Bertz CT molecular complexity index is 526. The third-order valence-corrected chi connectivity index (χ3v) is 4.45. The van der Waals surface area contributed by atoms with Gasteiger partial charge in [-0.1, -0.05) is 29.8 Å². The molecule has 1 aromatic rings. The number of rotatable bonds is 6. The van der Waals surface area contributed by atoms with Crippen LogP contribution in [0.2, 0.25) is 0 Å². The molecule has 2 amide bonds. The van der Waals surface area contributed by atoms with Gasteiger partial charge in [0.1, 0.15) is 0 Å². The van der Waals surface area contributed by atoms with E-state index in [-0.39, 0.29) is 30.8 Å². The Hall–Kier alpha value is -1.59. The summed E-state index contributed by atoms with van der Waals surface area (Å²) in [6.07, 6.45) is 3.07. The molecule has 1 aromatic carbocycles. The maximum absolute atomic E-state index is 12.1. The highest BCUT2D eigenvalue weighted by Gasteiger charge is 2.21. The Morgan fingerprint density at radius 2 is 1.79 bits per heavy atom. The number of hydrogen-bond donors (Lipinski definition) is 2. The molecular weight excluding hydrogens is 326 g/mol. The molecule has 24 heavy (non-hydrogen) atoms. The van der Waals surface area contributed by atoms with E-state index in [9.17, 15) is 9.59 Å². The number of likely N-dealkylation sites (tertiary alicyclic amines) is 1. The van der Waals surface area contributed by atoms with Crippen molar-refractivity contribution in [1.82, 2.24) is 15.5 Å². The summed E-state index contributed by atoms with van der Waals surface area (Å²) in [4.78, 5) is 25.8. The first-order valence-electron chi connectivity index (χ1n) is 8.36. The Morgan fingerprint density at radius 3 is 2.38 bits per heavy atom. The van der Waals surface area contributed by atoms with Gasteiger partial charge in [-0.3, -0.25) is 9.59 Å². The van der Waals surface area contributed by atoms with Crippen LogP contribution in [0.1, 0.15) is 30.4 Å². The summed E-state index contributed by atoms with van der Waals surface area (Å²) in [5.74, 6) is -0.0488. The topological polar surface area (TPSA) is 61.4 Å². The Balaban J connectivity index is 0.00000288. The molecule has 0 aliphatic carbocycles. The lowest BCUT2D eigenvalue weighted by Gasteiger charge is -2.31. The molecular formula is C18H28ClN3O2. The number of benzene rings is 1. The predicted octanol–water partition coefficient (Wildman–Crippen LogP) is 1.68. The summed E-state index contributed by atoms with van der Waals surface area (Å²) >= 11 is 0. The number of aryl methyl sites for hydroxylation is 2. The first-order valence-corrected chi connectivity index (χ1v) is 8.36. The average molecular weight is 354 g/mol. The number of piperidine rings is 1. The second-order valence-corrected chi connectivity index (χ2v) is 6.21. The third-order valence-electron chi connectivity index (χ3n) is 4.45. The number of amides is 2. The van der Waals surface area contributed by atoms with Gasteiger partial charge in [-0.05, 0) is 38.8 Å². The van der Waals surface area contributed by atoms with E-state index in [2.05, 4.69) is 10.6 Å². The Labute approximate surface area is 150 Å². The molecule has 1 heterocycles. The minimum absolute atomic E-state index is 0. The molecule has 1 aliphatic heterocycles. The number of nitrogens with zero attached hydrogens (tertiary/aromatic N) is 1. The molecule has 0 spiro atoms. The van der Waals surface area contributed by atoms with E-state index in [1.54, 1.807) is 0 Å². The molecule has 2 N–H and O–H groups in total. The van der Waals surface area contributed by atoms with E-state index in [0.29, 0.717) is 18.9 Å². The van der Waals surface area contributed by atoms with E-state index in [4.69, 9.17) is 0 Å². The van der Waals surface area contributed by atoms with Crippen LogP contribution in [-0.4, -0.2) is 49.4 Å². The first-order chi connectivity index (χ1) is 11.1. The number of carbonyl (C=O) groups is 2. The lowest BCUT2D eigenvalue weighted by atomic mass is 10.1. The second kappa shape index (κ2) is 10.3. The molecule has 0 atom stereocenters. The molecule has 0 bridgehead atoms. The monoisotopic (exact) mass is 353 g/mol. The number of halogens is 1. The Morgan fingerprint density at radius 1 is 1.17 bits per heavy atom. The maximum Gasteiger partial charge on any atom is 0.241 e. The van der Waals surface area contributed by atoms with Gasteiger partial charge < -0.3 is 15.5 Å². The van der Waals surface area contributed by atoms with E-state index in [1.165, 1.54) is 5.56 Å². The summed E-state index contributed by atoms with van der Waals surface area (Å²) in [6.45, 7) is 3.69. The van der Waals surface area contributed by atoms with Crippen molar-refractivity contribution in [2.75, 3.05) is 26.7 Å². The number of carbonyl (C=O) groups excluding carboxylic acids is 2. The molecule has 1 aliphatic rings. The van der Waals surface area contributed by atoms with Gasteiger partial charge >= 0.3 is 0 Å². The molecule has 2 rings (SSSR count). The highest BCUT2D eigenvalue weighted by molar-refractivity contribution is 5.85. The zero-order chi connectivity index (χ0) is 16.7. The molecule has 0 saturated carbocycles. The van der Waals surface area contributed by atoms with Gasteiger partial charge in [0.2, 0.25) is 11.8 Å². The smallest absolute Gasteiger partial charge is 0.241 e. The van der Waals surface area contributed by atoms with Crippen LogP contribution in [0.3, 0.4) is 0 Å². The summed E-state index contributed by atoms with van der Waals surface area (Å²) in [5.41, 5.74) is 2.36. The highest BCUT2D eigenvalue weighted by atomic mass is 35.5. The molecule has 5 nitrogen and oxygen atoms in total. The molecule has 6 heteroatoms. The summed E-state index contributed by atoms with van der Waals surface area (Å²) in [6, 6.07) is 8.68. The van der Waals surface area contributed by atoms with Crippen LogP contribution >= 0.6 is 12.4 Å². The van der Waals surface area contributed by atoms with Gasteiger partial charge in [-0.15, -0.1) is 12.4 Å². The molecule has 1 saturated heterocycles. The van der Waals surface area contributed by atoms with Gasteiger partial charge in [-0.2, -0.15) is 0 Å². The molecule has 1 fully saturated rings. The average Bonchev–Trinajstić information content (AvgIpc) is 2.59. The summed E-state index contributed by atoms with van der Waals surface area (Å²) in [7, 11) is 1.95. The van der Waals surface area contributed by atoms with Crippen molar-refractivity contribution < 1.29 is 9.59 Å². The van der Waals surface area contributed by atoms with Crippen LogP contribution in [0, 0.1) is 6.92 Å². The van der Waals surface area contributed by atoms with Crippen molar-refractivity contribution in [3.8, 4) is 0 Å². The van der Waals surface area contributed by atoms with E-state index in [1.807, 2.05) is 43.1 Å². The van der Waals surface area contributed by atoms with E-state index < -0.39 is 0 Å². The van der Waals surface area contributed by atoms with Crippen LogP contribution in [0.4, 0.5) is 0 Å². The first kappa shape index (κ1) is 20.5. The van der Waals surface area contributed by atoms with Crippen molar-refractivity contribution in [1.29, 1.82) is 0 Å². The van der Waals surface area contributed by atoms with Crippen molar-refractivity contribution in [3.05, 3.63) is 35.4 Å². The fourth-order valence-corrected chi connectivity index (χ4v) is 2.80. The normalized spacial score (nSPS) is 14.8. The van der Waals surface area contributed by atoms with E-state index in [0.717, 1.165) is 31.5 Å². The van der Waals surface area contributed by atoms with Crippen LogP contribution in [-0.2, 0) is 16.0 Å². The SMILES string of the molecule is CNC1CCN(C(=O)CNC(=O)CCc2ccc(C)cc2)CC1.Cl. The largest absolute Gasteiger partial charge is 0.347 e. The summed E-state index contributed by atoms with van der Waals surface area (Å²) in [5, 5.41) is 5.98. The predicted molar refractivity (Wildman–Crippen MR) is 98.4 cm³/mol. The van der Waals surface area contributed by atoms with Crippen LogP contribution in [0.5, 0.6) is 0 Å². The molecule has 0 radical (unpaired) electrons.